The minimum atomic E-state index is -4.07. The third-order valence-corrected chi connectivity index (χ3v) is 10.7. The highest BCUT2D eigenvalue weighted by atomic mass is 35.5. The lowest BCUT2D eigenvalue weighted by Gasteiger charge is -2.38. The van der Waals surface area contributed by atoms with Crippen LogP contribution in [0.25, 0.3) is 0 Å². The van der Waals surface area contributed by atoms with E-state index in [4.69, 9.17) is 55.9 Å². The van der Waals surface area contributed by atoms with Crippen molar-refractivity contribution in [2.45, 2.75) is 22.8 Å². The van der Waals surface area contributed by atoms with Crippen LogP contribution >= 0.6 is 46.4 Å². The maximum absolute atomic E-state index is 13.4. The highest BCUT2D eigenvalue weighted by Gasteiger charge is 2.40. The van der Waals surface area contributed by atoms with E-state index in [1.54, 1.807) is 6.92 Å². The van der Waals surface area contributed by atoms with Gasteiger partial charge in [-0.3, -0.25) is 0 Å². The SMILES string of the molecule is COc1c(S(=O)(=O)N2CCN(S(=O)(=O)c3ccc(Cl)c(Cl)c3OC)[C@H](C)C2)ccc(Cl)c1Cl. The molecule has 0 bridgehead atoms. The summed E-state index contributed by atoms with van der Waals surface area (Å²) in [6.07, 6.45) is 0. The van der Waals surface area contributed by atoms with E-state index in [0.29, 0.717) is 0 Å². The number of methoxy groups -OCH3 is 2. The molecule has 2 aromatic carbocycles. The van der Waals surface area contributed by atoms with Gasteiger partial charge in [-0.1, -0.05) is 46.4 Å². The first-order valence-electron chi connectivity index (χ1n) is 9.43. The molecule has 1 atom stereocenters. The third-order valence-electron chi connectivity index (χ3n) is 5.17. The number of benzene rings is 2. The Hall–Kier alpha value is -0.980. The van der Waals surface area contributed by atoms with Crippen molar-refractivity contribution >= 4 is 66.5 Å². The van der Waals surface area contributed by atoms with Gasteiger partial charge >= 0.3 is 0 Å². The second-order valence-corrected chi connectivity index (χ2v) is 12.4. The monoisotopic (exact) mass is 576 g/mol. The first-order chi connectivity index (χ1) is 15.4. The number of nitrogens with zero attached hydrogens (tertiary/aromatic N) is 2. The Labute approximate surface area is 213 Å². The molecule has 1 heterocycles. The van der Waals surface area contributed by atoms with Crippen molar-refractivity contribution in [1.29, 1.82) is 0 Å². The molecule has 1 saturated heterocycles. The number of hydrogen-bond acceptors (Lipinski definition) is 6. The van der Waals surface area contributed by atoms with E-state index in [0.717, 1.165) is 0 Å². The van der Waals surface area contributed by atoms with E-state index >= 15 is 0 Å². The van der Waals surface area contributed by atoms with Crippen LogP contribution in [0.4, 0.5) is 0 Å². The zero-order valence-corrected chi connectivity index (χ0v) is 22.3. The third kappa shape index (κ3) is 4.77. The fraction of sp³-hybridized carbons (Fsp3) is 0.368. The number of halogens is 4. The van der Waals surface area contributed by atoms with Crippen molar-refractivity contribution < 1.29 is 26.3 Å². The van der Waals surface area contributed by atoms with Gasteiger partial charge in [0.25, 0.3) is 0 Å². The molecule has 0 aliphatic carbocycles. The lowest BCUT2D eigenvalue weighted by molar-refractivity contribution is 0.212. The van der Waals surface area contributed by atoms with Crippen molar-refractivity contribution in [2.75, 3.05) is 33.9 Å². The molecule has 0 N–H and O–H groups in total. The highest BCUT2D eigenvalue weighted by molar-refractivity contribution is 7.89. The van der Waals surface area contributed by atoms with E-state index < -0.39 is 26.1 Å². The Morgan fingerprint density at radius 2 is 1.24 bits per heavy atom. The van der Waals surface area contributed by atoms with Crippen molar-refractivity contribution in [3.8, 4) is 11.5 Å². The summed E-state index contributed by atoms with van der Waals surface area (Å²) in [5, 5.41) is 0.237. The van der Waals surface area contributed by atoms with Crippen LogP contribution in [-0.2, 0) is 20.0 Å². The Kier molecular flexibility index (Phi) is 8.02. The molecule has 1 fully saturated rings. The second kappa shape index (κ2) is 9.94. The van der Waals surface area contributed by atoms with Gasteiger partial charge in [0.2, 0.25) is 20.0 Å². The summed E-state index contributed by atoms with van der Waals surface area (Å²) in [6, 6.07) is 4.63. The molecule has 0 spiro atoms. The molecule has 3 rings (SSSR count). The van der Waals surface area contributed by atoms with Crippen LogP contribution in [0.2, 0.25) is 20.1 Å². The first-order valence-corrected chi connectivity index (χ1v) is 13.8. The minimum absolute atomic E-state index is 0.0267. The number of ether oxygens (including phenoxy) is 2. The standard InChI is InChI=1S/C19H20Cl4N2O6S2/c1-11-10-24(32(26,27)14-6-4-12(20)16(22)18(14)30-2)8-9-25(11)33(28,29)15-7-5-13(21)17(23)19(15)31-3/h4-7,11H,8-10H2,1-3H3/t11-/m1/s1. The van der Waals surface area contributed by atoms with Gasteiger partial charge in [-0.2, -0.15) is 8.61 Å². The van der Waals surface area contributed by atoms with Crippen LogP contribution in [0.15, 0.2) is 34.1 Å². The summed E-state index contributed by atoms with van der Waals surface area (Å²) in [7, 11) is -5.55. The van der Waals surface area contributed by atoms with Gasteiger partial charge in [0.05, 0.1) is 24.3 Å². The van der Waals surface area contributed by atoms with Crippen LogP contribution in [0.3, 0.4) is 0 Å². The lowest BCUT2D eigenvalue weighted by Crippen LogP contribution is -2.55. The van der Waals surface area contributed by atoms with Gasteiger partial charge in [0.15, 0.2) is 11.5 Å². The predicted octanol–water partition coefficient (Wildman–Crippen LogP) is 4.40. The molecule has 33 heavy (non-hydrogen) atoms. The topological polar surface area (TPSA) is 93.2 Å². The molecule has 0 saturated carbocycles. The lowest BCUT2D eigenvalue weighted by atomic mass is 10.3. The molecule has 0 aromatic heterocycles. The molecule has 182 valence electrons. The summed E-state index contributed by atoms with van der Waals surface area (Å²) in [4.78, 5) is -0.317. The van der Waals surface area contributed by atoms with E-state index in [9.17, 15) is 16.8 Å². The smallest absolute Gasteiger partial charge is 0.247 e. The van der Waals surface area contributed by atoms with Gasteiger partial charge in [-0.25, -0.2) is 16.8 Å². The van der Waals surface area contributed by atoms with Crippen LogP contribution < -0.4 is 9.47 Å². The molecule has 14 heteroatoms. The normalized spacial score (nSPS) is 18.3. The summed E-state index contributed by atoms with van der Waals surface area (Å²) < 4.78 is 66.1. The van der Waals surface area contributed by atoms with Gasteiger partial charge < -0.3 is 9.47 Å². The first kappa shape index (κ1) is 26.6. The summed E-state index contributed by atoms with van der Waals surface area (Å²) >= 11 is 24.2. The number of piperazine rings is 1. The highest BCUT2D eigenvalue weighted by Crippen LogP contribution is 2.41. The van der Waals surface area contributed by atoms with E-state index in [-0.39, 0.29) is 61.0 Å². The Balaban J connectivity index is 1.93. The molecule has 0 radical (unpaired) electrons. The predicted molar refractivity (Wildman–Crippen MR) is 128 cm³/mol. The fourth-order valence-corrected chi connectivity index (χ4v) is 7.90. The van der Waals surface area contributed by atoms with E-state index in [2.05, 4.69) is 0 Å². The molecule has 1 aliphatic heterocycles. The van der Waals surface area contributed by atoms with Gasteiger partial charge in [-0.15, -0.1) is 0 Å². The molecular weight excluding hydrogens is 558 g/mol. The summed E-state index contributed by atoms with van der Waals surface area (Å²) in [5.74, 6) is -0.153. The van der Waals surface area contributed by atoms with Gasteiger partial charge in [0, 0.05) is 25.7 Å². The van der Waals surface area contributed by atoms with Crippen LogP contribution in [-0.4, -0.2) is 65.3 Å². The van der Waals surface area contributed by atoms with Crippen molar-refractivity contribution in [1.82, 2.24) is 8.61 Å². The number of rotatable bonds is 6. The number of hydrogen-bond donors (Lipinski definition) is 0. The van der Waals surface area contributed by atoms with Crippen LogP contribution in [0.5, 0.6) is 11.5 Å². The van der Waals surface area contributed by atoms with Gasteiger partial charge in [0.1, 0.15) is 19.8 Å². The number of sulfonamides is 2. The average Bonchev–Trinajstić information content (AvgIpc) is 2.76. The molecule has 0 unspecified atom stereocenters. The maximum atomic E-state index is 13.4. The van der Waals surface area contributed by atoms with Crippen molar-refractivity contribution in [3.63, 3.8) is 0 Å². The van der Waals surface area contributed by atoms with Crippen LogP contribution in [0.1, 0.15) is 6.92 Å². The molecular formula is C19H20Cl4N2O6S2. The second-order valence-electron chi connectivity index (χ2n) is 7.11. The minimum Gasteiger partial charge on any atom is -0.494 e. The largest absolute Gasteiger partial charge is 0.494 e. The Bertz CT molecular complexity index is 1290. The van der Waals surface area contributed by atoms with Crippen molar-refractivity contribution in [3.05, 3.63) is 44.4 Å². The average molecular weight is 578 g/mol. The summed E-state index contributed by atoms with van der Waals surface area (Å²) in [5.41, 5.74) is 0. The zero-order valence-electron chi connectivity index (χ0n) is 17.7. The van der Waals surface area contributed by atoms with Gasteiger partial charge in [-0.05, 0) is 31.2 Å². The molecule has 1 aliphatic rings. The molecule has 8 nitrogen and oxygen atoms in total. The van der Waals surface area contributed by atoms with E-state index in [1.165, 1.54) is 47.1 Å². The Morgan fingerprint density at radius 1 is 0.788 bits per heavy atom. The van der Waals surface area contributed by atoms with Crippen LogP contribution in [0, 0.1) is 0 Å². The molecule has 2 aromatic rings. The van der Waals surface area contributed by atoms with Crippen molar-refractivity contribution in [2.24, 2.45) is 0 Å². The Morgan fingerprint density at radius 3 is 1.67 bits per heavy atom. The fourth-order valence-electron chi connectivity index (χ4n) is 3.56. The molecule has 0 amide bonds. The maximum Gasteiger partial charge on any atom is 0.247 e. The quantitative estimate of drug-likeness (QED) is 0.505. The zero-order chi connectivity index (χ0) is 24.7. The van der Waals surface area contributed by atoms with E-state index in [1.807, 2.05) is 0 Å². The summed E-state index contributed by atoms with van der Waals surface area (Å²) in [6.45, 7) is 1.30.